The molecule has 208 valence electrons. The summed E-state index contributed by atoms with van der Waals surface area (Å²) >= 11 is 3.42. The average Bonchev–Trinajstić information content (AvgIpc) is 2.93. The van der Waals surface area contributed by atoms with Crippen LogP contribution in [-0.4, -0.2) is 28.0 Å². The van der Waals surface area contributed by atoms with Crippen molar-refractivity contribution < 1.29 is 41.0 Å². The van der Waals surface area contributed by atoms with Crippen LogP contribution >= 0.6 is 15.9 Å². The van der Waals surface area contributed by atoms with Crippen molar-refractivity contribution in [3.05, 3.63) is 62.6 Å². The maximum atomic E-state index is 13.4. The number of amides is 2. The molecular weight excluding hydrogens is 582 g/mol. The summed E-state index contributed by atoms with van der Waals surface area (Å²) in [7, 11) is 0. The molecule has 0 aliphatic carbocycles. The van der Waals surface area contributed by atoms with Gasteiger partial charge in [-0.1, -0.05) is 29.8 Å². The van der Waals surface area contributed by atoms with Crippen molar-refractivity contribution in [3.8, 4) is 0 Å². The lowest BCUT2D eigenvalue weighted by Crippen LogP contribution is -2.42. The van der Waals surface area contributed by atoms with Crippen LogP contribution in [0.1, 0.15) is 67.5 Å². The van der Waals surface area contributed by atoms with E-state index < -0.39 is 54.1 Å². The molecule has 0 radical (unpaired) electrons. The Hall–Kier alpha value is -2.76. The zero-order valence-electron chi connectivity index (χ0n) is 21.0. The number of alkyl halides is 6. The molecule has 38 heavy (non-hydrogen) atoms. The molecule has 2 amide bonds. The lowest BCUT2D eigenvalue weighted by Gasteiger charge is -2.33. The molecule has 1 heterocycles. The van der Waals surface area contributed by atoms with Gasteiger partial charge in [0.25, 0.3) is 0 Å². The lowest BCUT2D eigenvalue weighted by molar-refractivity contribution is -0.143. The molecule has 1 aliphatic heterocycles. The SMILES string of the molecule is CC(=O)N(Cc1cc(C(F)(F)F)cc(C(F)(F)F)c1)C1CCC(C(C)C)N(C(=O)O)c2cc(C)c(Br)cc21. The van der Waals surface area contributed by atoms with E-state index in [2.05, 4.69) is 15.9 Å². The summed E-state index contributed by atoms with van der Waals surface area (Å²) in [6.07, 6.45) is -10.7. The normalized spacial score (nSPS) is 18.3. The molecule has 0 aromatic heterocycles. The van der Waals surface area contributed by atoms with Gasteiger partial charge in [0, 0.05) is 24.0 Å². The first-order valence-electron chi connectivity index (χ1n) is 11.8. The molecule has 2 unspecified atom stereocenters. The topological polar surface area (TPSA) is 60.9 Å². The molecule has 1 N–H and O–H groups in total. The number of carbonyl (C=O) groups excluding carboxylic acids is 1. The van der Waals surface area contributed by atoms with Crippen molar-refractivity contribution in [2.75, 3.05) is 4.90 Å². The molecule has 5 nitrogen and oxygen atoms in total. The van der Waals surface area contributed by atoms with Gasteiger partial charge >= 0.3 is 18.4 Å². The number of benzene rings is 2. The van der Waals surface area contributed by atoms with Crippen molar-refractivity contribution in [1.29, 1.82) is 0 Å². The minimum atomic E-state index is -5.03. The second kappa shape index (κ2) is 10.8. The second-order valence-electron chi connectivity index (χ2n) is 9.78. The smallest absolute Gasteiger partial charge is 0.416 e. The molecule has 3 rings (SSSR count). The molecule has 0 saturated carbocycles. The van der Waals surface area contributed by atoms with E-state index in [4.69, 9.17) is 0 Å². The summed E-state index contributed by atoms with van der Waals surface area (Å²) in [5.41, 5.74) is -1.79. The molecule has 0 fully saturated rings. The van der Waals surface area contributed by atoms with E-state index in [0.29, 0.717) is 34.3 Å². The zero-order valence-corrected chi connectivity index (χ0v) is 22.6. The molecule has 12 heteroatoms. The van der Waals surface area contributed by atoms with Crippen LogP contribution in [0.25, 0.3) is 0 Å². The molecular formula is C26H27BrF6N2O3. The molecule has 0 spiro atoms. The molecule has 2 atom stereocenters. The summed E-state index contributed by atoms with van der Waals surface area (Å²) in [4.78, 5) is 27.7. The number of halogens is 7. The monoisotopic (exact) mass is 608 g/mol. The summed E-state index contributed by atoms with van der Waals surface area (Å²) in [6.45, 7) is 6.13. The zero-order chi connectivity index (χ0) is 28.7. The Balaban J connectivity index is 2.19. The highest BCUT2D eigenvalue weighted by atomic mass is 79.9. The Morgan fingerprint density at radius 2 is 1.58 bits per heavy atom. The summed E-state index contributed by atoms with van der Waals surface area (Å²) in [5, 5.41) is 10.1. The van der Waals surface area contributed by atoms with E-state index in [1.807, 2.05) is 13.8 Å². The van der Waals surface area contributed by atoms with Crippen LogP contribution in [0.15, 0.2) is 34.8 Å². The first kappa shape index (κ1) is 29.8. The van der Waals surface area contributed by atoms with Crippen LogP contribution in [0.5, 0.6) is 0 Å². The van der Waals surface area contributed by atoms with E-state index in [1.54, 1.807) is 19.1 Å². The van der Waals surface area contributed by atoms with Crippen LogP contribution in [0.4, 0.5) is 36.8 Å². The average molecular weight is 609 g/mol. The standard InChI is InChI=1S/C26H27BrF6N2O3/c1-13(2)21-5-6-22(19-11-20(27)14(3)7-23(19)35(21)24(37)38)34(15(4)36)12-16-8-17(25(28,29)30)10-18(9-16)26(31,32)33/h7-11,13,21-22H,5-6,12H2,1-4H3,(H,37,38). The molecule has 1 aliphatic rings. The third-order valence-corrected chi connectivity index (χ3v) is 7.61. The van der Waals surface area contributed by atoms with Crippen molar-refractivity contribution >= 4 is 33.6 Å². The minimum absolute atomic E-state index is 0.0421. The van der Waals surface area contributed by atoms with Crippen LogP contribution in [0, 0.1) is 12.8 Å². The molecule has 2 aromatic carbocycles. The summed E-state index contributed by atoms with van der Waals surface area (Å²) < 4.78 is 81.3. The number of carboxylic acid groups (broad SMARTS) is 1. The van der Waals surface area contributed by atoms with E-state index in [1.165, 1.54) is 16.7 Å². The first-order valence-corrected chi connectivity index (χ1v) is 12.6. The van der Waals surface area contributed by atoms with E-state index in [-0.39, 0.29) is 24.0 Å². The maximum Gasteiger partial charge on any atom is 0.416 e. The number of rotatable bonds is 4. The largest absolute Gasteiger partial charge is 0.465 e. The van der Waals surface area contributed by atoms with Gasteiger partial charge in [-0.2, -0.15) is 26.3 Å². The van der Waals surface area contributed by atoms with Crippen LogP contribution in [0.2, 0.25) is 0 Å². The molecule has 2 aromatic rings. The van der Waals surface area contributed by atoms with Gasteiger partial charge in [-0.15, -0.1) is 0 Å². The number of nitrogens with zero attached hydrogens (tertiary/aromatic N) is 2. The Labute approximate surface area is 224 Å². The van der Waals surface area contributed by atoms with Gasteiger partial charge in [0.1, 0.15) is 0 Å². The van der Waals surface area contributed by atoms with Crippen molar-refractivity contribution in [3.63, 3.8) is 0 Å². The van der Waals surface area contributed by atoms with Gasteiger partial charge in [0.15, 0.2) is 0 Å². The minimum Gasteiger partial charge on any atom is -0.465 e. The fourth-order valence-electron chi connectivity index (χ4n) is 4.90. The highest BCUT2D eigenvalue weighted by Gasteiger charge is 2.40. The van der Waals surface area contributed by atoms with E-state index in [0.717, 1.165) is 5.56 Å². The van der Waals surface area contributed by atoms with E-state index >= 15 is 0 Å². The van der Waals surface area contributed by atoms with Crippen molar-refractivity contribution in [2.45, 2.75) is 71.5 Å². The predicted molar refractivity (Wildman–Crippen MR) is 133 cm³/mol. The van der Waals surface area contributed by atoms with Crippen LogP contribution in [0.3, 0.4) is 0 Å². The third kappa shape index (κ3) is 6.27. The highest BCUT2D eigenvalue weighted by molar-refractivity contribution is 9.10. The van der Waals surface area contributed by atoms with E-state index in [9.17, 15) is 41.0 Å². The number of carbonyl (C=O) groups is 2. The number of fused-ring (bicyclic) bond motifs is 1. The maximum absolute atomic E-state index is 13.4. The number of hydrogen-bond acceptors (Lipinski definition) is 2. The van der Waals surface area contributed by atoms with Gasteiger partial charge < -0.3 is 10.0 Å². The highest BCUT2D eigenvalue weighted by Crippen LogP contribution is 2.44. The third-order valence-electron chi connectivity index (χ3n) is 6.75. The van der Waals surface area contributed by atoms with Gasteiger partial charge in [-0.05, 0) is 72.7 Å². The van der Waals surface area contributed by atoms with Gasteiger partial charge in [0.2, 0.25) is 5.91 Å². The van der Waals surface area contributed by atoms with Crippen molar-refractivity contribution in [1.82, 2.24) is 4.90 Å². The van der Waals surface area contributed by atoms with Gasteiger partial charge in [0.05, 0.1) is 22.9 Å². The number of hydrogen-bond donors (Lipinski definition) is 1. The summed E-state index contributed by atoms with van der Waals surface area (Å²) in [6, 6.07) is 3.32. The Kier molecular flexibility index (Phi) is 8.45. The van der Waals surface area contributed by atoms with Crippen LogP contribution in [-0.2, 0) is 23.7 Å². The lowest BCUT2D eigenvalue weighted by atomic mass is 9.94. The quantitative estimate of drug-likeness (QED) is 0.356. The summed E-state index contributed by atoms with van der Waals surface area (Å²) in [5.74, 6) is -0.682. The Morgan fingerprint density at radius 3 is 2.03 bits per heavy atom. The van der Waals surface area contributed by atoms with Crippen LogP contribution < -0.4 is 4.90 Å². The van der Waals surface area contributed by atoms with Gasteiger partial charge in [-0.25, -0.2) is 4.79 Å². The molecule has 0 saturated heterocycles. The van der Waals surface area contributed by atoms with Gasteiger partial charge in [-0.3, -0.25) is 9.69 Å². The Bertz CT molecular complexity index is 1200. The first-order chi connectivity index (χ1) is 17.4. The molecule has 0 bridgehead atoms. The fraction of sp³-hybridized carbons (Fsp3) is 0.462. The second-order valence-corrected chi connectivity index (χ2v) is 10.6. The fourth-order valence-corrected chi connectivity index (χ4v) is 5.26. The van der Waals surface area contributed by atoms with Crippen molar-refractivity contribution in [2.24, 2.45) is 5.92 Å². The number of aryl methyl sites for hydroxylation is 1. The Morgan fingerprint density at radius 1 is 1.03 bits per heavy atom. The predicted octanol–water partition coefficient (Wildman–Crippen LogP) is 8.19. The number of anilines is 1.